The summed E-state index contributed by atoms with van der Waals surface area (Å²) < 4.78 is 26.4. The van der Waals surface area contributed by atoms with Crippen molar-refractivity contribution in [1.82, 2.24) is 9.80 Å². The van der Waals surface area contributed by atoms with E-state index in [1.165, 1.54) is 15.6 Å². The standard InChI is InChI=1S/C21H23ClN2O2S2/c22-18-5-7-19(8-6-18)28(25,26)14-13-23-9-11-24(12-10-23)15-17-16-27-21-4-2-1-3-20(17)21/h1-8,16H,9-15H2. The Hall–Kier alpha value is -1.44. The SMILES string of the molecule is O=S(=O)(CCN1CCN(Cc2csc3ccccc23)CC1)c1ccc(Cl)cc1. The second-order valence-corrected chi connectivity index (χ2v) is 10.6. The maximum atomic E-state index is 12.5. The van der Waals surface area contributed by atoms with E-state index in [2.05, 4.69) is 39.4 Å². The highest BCUT2D eigenvalue weighted by molar-refractivity contribution is 7.91. The number of sulfone groups is 1. The van der Waals surface area contributed by atoms with Crippen molar-refractivity contribution in [3.05, 3.63) is 64.5 Å². The Labute approximate surface area is 175 Å². The first kappa shape index (κ1) is 19.9. The third kappa shape index (κ3) is 4.58. The molecule has 1 aliphatic rings. The fraction of sp³-hybridized carbons (Fsp3) is 0.333. The van der Waals surface area contributed by atoms with Gasteiger partial charge in [0.15, 0.2) is 9.84 Å². The van der Waals surface area contributed by atoms with Crippen LogP contribution in [0.1, 0.15) is 5.56 Å². The first-order chi connectivity index (χ1) is 13.5. The molecule has 7 heteroatoms. The van der Waals surface area contributed by atoms with Gasteiger partial charge in [-0.05, 0) is 46.7 Å². The van der Waals surface area contributed by atoms with Crippen LogP contribution < -0.4 is 0 Å². The molecule has 1 fully saturated rings. The molecule has 1 saturated heterocycles. The summed E-state index contributed by atoms with van der Waals surface area (Å²) >= 11 is 7.65. The Bertz CT molecular complexity index is 1040. The van der Waals surface area contributed by atoms with Crippen LogP contribution in [0, 0.1) is 0 Å². The van der Waals surface area contributed by atoms with Crippen LogP contribution in [0.4, 0.5) is 0 Å². The highest BCUT2D eigenvalue weighted by Gasteiger charge is 2.21. The van der Waals surface area contributed by atoms with Gasteiger partial charge >= 0.3 is 0 Å². The molecule has 0 unspecified atom stereocenters. The van der Waals surface area contributed by atoms with Crippen LogP contribution in [0.25, 0.3) is 10.1 Å². The van der Waals surface area contributed by atoms with Crippen molar-refractivity contribution < 1.29 is 8.42 Å². The lowest BCUT2D eigenvalue weighted by molar-refractivity contribution is 0.133. The molecule has 4 rings (SSSR count). The molecule has 0 spiro atoms. The van der Waals surface area contributed by atoms with Crippen molar-refractivity contribution in [2.45, 2.75) is 11.4 Å². The third-order valence-electron chi connectivity index (χ3n) is 5.27. The van der Waals surface area contributed by atoms with Crippen molar-refractivity contribution in [1.29, 1.82) is 0 Å². The molecule has 4 nitrogen and oxygen atoms in total. The molecule has 0 amide bonds. The van der Waals surface area contributed by atoms with E-state index in [1.54, 1.807) is 35.6 Å². The quantitative estimate of drug-likeness (QED) is 0.584. The first-order valence-electron chi connectivity index (χ1n) is 9.39. The Balaban J connectivity index is 1.29. The molecular weight excluding hydrogens is 412 g/mol. The summed E-state index contributed by atoms with van der Waals surface area (Å²) in [4.78, 5) is 5.05. The van der Waals surface area contributed by atoms with E-state index >= 15 is 0 Å². The third-order valence-corrected chi connectivity index (χ3v) is 8.24. The van der Waals surface area contributed by atoms with E-state index in [9.17, 15) is 8.42 Å². The van der Waals surface area contributed by atoms with Crippen molar-refractivity contribution in [2.75, 3.05) is 38.5 Å². The van der Waals surface area contributed by atoms with Gasteiger partial charge in [0.05, 0.1) is 10.6 Å². The van der Waals surface area contributed by atoms with Crippen LogP contribution in [0.5, 0.6) is 0 Å². The van der Waals surface area contributed by atoms with Gasteiger partial charge in [0.25, 0.3) is 0 Å². The van der Waals surface area contributed by atoms with Crippen LogP contribution in [-0.2, 0) is 16.4 Å². The van der Waals surface area contributed by atoms with Crippen molar-refractivity contribution in [3.8, 4) is 0 Å². The smallest absolute Gasteiger partial charge is 0.179 e. The van der Waals surface area contributed by atoms with Crippen molar-refractivity contribution in [3.63, 3.8) is 0 Å². The van der Waals surface area contributed by atoms with Crippen molar-refractivity contribution in [2.24, 2.45) is 0 Å². The Morgan fingerprint density at radius 2 is 1.61 bits per heavy atom. The molecule has 0 aliphatic carbocycles. The minimum Gasteiger partial charge on any atom is -0.300 e. The topological polar surface area (TPSA) is 40.6 Å². The Kier molecular flexibility index (Phi) is 6.04. The zero-order valence-electron chi connectivity index (χ0n) is 15.6. The van der Waals surface area contributed by atoms with Gasteiger partial charge in [-0.2, -0.15) is 0 Å². The molecule has 3 aromatic rings. The highest BCUT2D eigenvalue weighted by atomic mass is 35.5. The molecular formula is C21H23ClN2O2S2. The zero-order valence-corrected chi connectivity index (χ0v) is 17.9. The Morgan fingerprint density at radius 3 is 2.36 bits per heavy atom. The van der Waals surface area contributed by atoms with Gasteiger partial charge in [-0.3, -0.25) is 9.80 Å². The van der Waals surface area contributed by atoms with E-state index in [-0.39, 0.29) is 5.75 Å². The molecule has 0 N–H and O–H groups in total. The molecule has 0 saturated carbocycles. The van der Waals surface area contributed by atoms with Gasteiger partial charge in [0.2, 0.25) is 0 Å². The number of hydrogen-bond acceptors (Lipinski definition) is 5. The Morgan fingerprint density at radius 1 is 0.929 bits per heavy atom. The predicted molar refractivity (Wildman–Crippen MR) is 117 cm³/mol. The molecule has 148 valence electrons. The van der Waals surface area contributed by atoms with Crippen LogP contribution in [-0.4, -0.2) is 56.7 Å². The minimum atomic E-state index is -3.27. The molecule has 1 aromatic heterocycles. The molecule has 0 bridgehead atoms. The average Bonchev–Trinajstić information content (AvgIpc) is 3.11. The predicted octanol–water partition coefficient (Wildman–Crippen LogP) is 4.15. The second kappa shape index (κ2) is 8.51. The maximum absolute atomic E-state index is 12.5. The summed E-state index contributed by atoms with van der Waals surface area (Å²) in [6.07, 6.45) is 0. The van der Waals surface area contributed by atoms with E-state index in [0.717, 1.165) is 32.7 Å². The summed E-state index contributed by atoms with van der Waals surface area (Å²) in [5, 5.41) is 4.16. The normalized spacial score (nSPS) is 16.6. The van der Waals surface area contributed by atoms with Gasteiger partial charge in [0.1, 0.15) is 0 Å². The molecule has 0 radical (unpaired) electrons. The number of benzene rings is 2. The first-order valence-corrected chi connectivity index (χ1v) is 12.3. The monoisotopic (exact) mass is 434 g/mol. The second-order valence-electron chi connectivity index (χ2n) is 7.15. The molecule has 2 aromatic carbocycles. The van der Waals surface area contributed by atoms with Crippen LogP contribution in [0.2, 0.25) is 5.02 Å². The summed E-state index contributed by atoms with van der Waals surface area (Å²) in [5.41, 5.74) is 1.39. The van der Waals surface area contributed by atoms with Gasteiger partial charge in [-0.25, -0.2) is 8.42 Å². The molecule has 0 atom stereocenters. The number of halogens is 1. The number of thiophene rings is 1. The van der Waals surface area contributed by atoms with Gasteiger partial charge in [0, 0.05) is 49.0 Å². The van der Waals surface area contributed by atoms with Gasteiger partial charge < -0.3 is 0 Å². The zero-order chi connectivity index (χ0) is 19.6. The average molecular weight is 435 g/mol. The minimum absolute atomic E-state index is 0.143. The van der Waals surface area contributed by atoms with E-state index in [4.69, 9.17) is 11.6 Å². The fourth-order valence-corrected chi connectivity index (χ4v) is 5.94. The number of nitrogens with zero attached hydrogens (tertiary/aromatic N) is 2. The fourth-order valence-electron chi connectivity index (χ4n) is 3.58. The maximum Gasteiger partial charge on any atom is 0.179 e. The van der Waals surface area contributed by atoms with Gasteiger partial charge in [-0.15, -0.1) is 11.3 Å². The molecule has 28 heavy (non-hydrogen) atoms. The number of fused-ring (bicyclic) bond motifs is 1. The van der Waals surface area contributed by atoms with Crippen LogP contribution in [0.3, 0.4) is 0 Å². The largest absolute Gasteiger partial charge is 0.300 e. The van der Waals surface area contributed by atoms with Crippen molar-refractivity contribution >= 4 is 42.9 Å². The lowest BCUT2D eigenvalue weighted by Crippen LogP contribution is -2.47. The lowest BCUT2D eigenvalue weighted by atomic mass is 10.1. The van der Waals surface area contributed by atoms with Gasteiger partial charge in [-0.1, -0.05) is 29.8 Å². The summed E-state index contributed by atoms with van der Waals surface area (Å²) in [7, 11) is -3.27. The highest BCUT2D eigenvalue weighted by Crippen LogP contribution is 2.27. The van der Waals surface area contributed by atoms with E-state index < -0.39 is 9.84 Å². The van der Waals surface area contributed by atoms with Crippen LogP contribution in [0.15, 0.2) is 58.8 Å². The number of hydrogen-bond donors (Lipinski definition) is 0. The van der Waals surface area contributed by atoms with E-state index in [0.29, 0.717) is 16.5 Å². The van der Waals surface area contributed by atoms with Crippen LogP contribution >= 0.6 is 22.9 Å². The van der Waals surface area contributed by atoms with E-state index in [1.807, 2.05) is 0 Å². The lowest BCUT2D eigenvalue weighted by Gasteiger charge is -2.34. The molecule has 1 aliphatic heterocycles. The molecule has 2 heterocycles. The summed E-state index contributed by atoms with van der Waals surface area (Å²) in [5.74, 6) is 0.143. The summed E-state index contributed by atoms with van der Waals surface area (Å²) in [6, 6.07) is 15.0. The number of rotatable bonds is 6. The summed E-state index contributed by atoms with van der Waals surface area (Å²) in [6.45, 7) is 5.26. The number of piperazine rings is 1.